The number of imidazole rings is 1. The molecule has 8 heteroatoms. The number of rotatable bonds is 7. The Labute approximate surface area is 216 Å². The molecule has 36 heavy (non-hydrogen) atoms. The maximum absolute atomic E-state index is 12.6. The van der Waals surface area contributed by atoms with Gasteiger partial charge in [-0.2, -0.15) is 0 Å². The van der Waals surface area contributed by atoms with E-state index in [1.165, 1.54) is 5.56 Å². The Morgan fingerprint density at radius 2 is 1.72 bits per heavy atom. The topological polar surface area (TPSA) is 75.4 Å². The number of ether oxygens (including phenoxy) is 2. The van der Waals surface area contributed by atoms with Crippen LogP contribution in [0.3, 0.4) is 0 Å². The Morgan fingerprint density at radius 1 is 1.03 bits per heavy atom. The lowest BCUT2D eigenvalue weighted by molar-refractivity contribution is -0.900. The molecule has 0 aliphatic heterocycles. The predicted molar refractivity (Wildman–Crippen MR) is 145 cm³/mol. The van der Waals surface area contributed by atoms with Crippen molar-refractivity contribution in [2.24, 2.45) is 0 Å². The molecule has 0 N–H and O–H groups in total. The summed E-state index contributed by atoms with van der Waals surface area (Å²) in [5.41, 5.74) is 5.34. The summed E-state index contributed by atoms with van der Waals surface area (Å²) < 4.78 is 24.2. The smallest absolute Gasteiger partial charge is 0.128 e. The van der Waals surface area contributed by atoms with Crippen molar-refractivity contribution in [1.29, 1.82) is 0 Å². The van der Waals surface area contributed by atoms with Crippen molar-refractivity contribution < 1.29 is 18.2 Å². The van der Waals surface area contributed by atoms with Crippen LogP contribution in [-0.4, -0.2) is 54.0 Å². The van der Waals surface area contributed by atoms with Crippen LogP contribution in [-0.2, 0) is 16.6 Å². The number of methoxy groups -OCH3 is 2. The summed E-state index contributed by atoms with van der Waals surface area (Å²) in [7, 11) is 8.49. The number of quaternary nitrogens is 1. The van der Waals surface area contributed by atoms with E-state index in [0.29, 0.717) is 28.0 Å². The quantitative estimate of drug-likeness (QED) is 0.328. The standard InChI is InChI=1S/C17H18N3O3S.C11H18N/c1-10-8-18-15(11(2)16(10)23-4)9-24(21)17-19-13-6-5-12(22-3)7-14(13)20-17;1-10(12(2,3)4)11-8-6-5-7-9-11/h5-8H,9H2,1-4H3;5-10H,1-4H3/q-1;+1/t24-;10-/m00/s1. The molecule has 0 spiro atoms. The van der Waals surface area contributed by atoms with Crippen LogP contribution in [0.2, 0.25) is 0 Å². The summed E-state index contributed by atoms with van der Waals surface area (Å²) in [6.45, 7) is 6.11. The zero-order valence-corrected chi connectivity index (χ0v) is 23.2. The van der Waals surface area contributed by atoms with Crippen LogP contribution in [0.25, 0.3) is 11.0 Å². The van der Waals surface area contributed by atoms with Crippen molar-refractivity contribution in [3.8, 4) is 11.5 Å². The van der Waals surface area contributed by atoms with Crippen LogP contribution in [0.1, 0.15) is 35.3 Å². The minimum atomic E-state index is -1.38. The van der Waals surface area contributed by atoms with E-state index in [2.05, 4.69) is 73.4 Å². The molecule has 0 saturated carbocycles. The average Bonchev–Trinajstić information content (AvgIpc) is 3.29. The summed E-state index contributed by atoms with van der Waals surface area (Å²) in [4.78, 5) is 13.1. The molecule has 4 aromatic rings. The monoisotopic (exact) mass is 508 g/mol. The second kappa shape index (κ2) is 11.7. The van der Waals surface area contributed by atoms with Gasteiger partial charge in [-0.05, 0) is 43.9 Å². The van der Waals surface area contributed by atoms with Gasteiger partial charge in [-0.15, -0.1) is 0 Å². The molecular formula is C28H36N4O3S. The number of aromatic nitrogens is 3. The number of hydrogen-bond donors (Lipinski definition) is 0. The highest BCUT2D eigenvalue weighted by Gasteiger charge is 2.19. The number of benzene rings is 2. The van der Waals surface area contributed by atoms with Crippen molar-refractivity contribution in [1.82, 2.24) is 15.0 Å². The fraction of sp³-hybridized carbons (Fsp3) is 0.357. The molecule has 0 aliphatic carbocycles. The molecule has 2 aromatic heterocycles. The Morgan fingerprint density at radius 3 is 2.33 bits per heavy atom. The predicted octanol–water partition coefficient (Wildman–Crippen LogP) is 4.98. The Bertz CT molecular complexity index is 1330. The Balaban J connectivity index is 0.000000253. The SMILES string of the molecule is COc1ccc2[n-]c([S@@](=O)Cc3ncc(C)c(OC)c3C)nc2c1.C[C@@H](c1ccccc1)[N+](C)(C)C. The highest BCUT2D eigenvalue weighted by Crippen LogP contribution is 2.26. The van der Waals surface area contributed by atoms with Crippen LogP contribution in [0, 0.1) is 13.8 Å². The van der Waals surface area contributed by atoms with Crippen molar-refractivity contribution in [3.05, 3.63) is 77.1 Å². The van der Waals surface area contributed by atoms with Gasteiger partial charge in [-0.3, -0.25) is 9.19 Å². The lowest BCUT2D eigenvalue weighted by Gasteiger charge is -2.31. The third-order valence-electron chi connectivity index (χ3n) is 6.28. The van der Waals surface area contributed by atoms with Gasteiger partial charge in [0, 0.05) is 28.0 Å². The van der Waals surface area contributed by atoms with E-state index in [4.69, 9.17) is 9.47 Å². The minimum absolute atomic E-state index is 0.246. The van der Waals surface area contributed by atoms with Crippen LogP contribution < -0.4 is 14.5 Å². The van der Waals surface area contributed by atoms with Gasteiger partial charge in [0.15, 0.2) is 0 Å². The third kappa shape index (κ3) is 6.50. The van der Waals surface area contributed by atoms with Gasteiger partial charge in [-0.1, -0.05) is 36.4 Å². The maximum Gasteiger partial charge on any atom is 0.128 e. The molecule has 2 atom stereocenters. The maximum atomic E-state index is 12.6. The Kier molecular flexibility index (Phi) is 8.87. The number of nitrogens with zero attached hydrogens (tertiary/aromatic N) is 4. The van der Waals surface area contributed by atoms with E-state index >= 15 is 0 Å². The third-order valence-corrected chi connectivity index (χ3v) is 7.41. The molecule has 0 unspecified atom stereocenters. The fourth-order valence-corrected chi connectivity index (χ4v) is 4.80. The highest BCUT2D eigenvalue weighted by molar-refractivity contribution is 7.84. The van der Waals surface area contributed by atoms with Crippen LogP contribution in [0.15, 0.2) is 59.9 Å². The highest BCUT2D eigenvalue weighted by atomic mass is 32.2. The number of aryl methyl sites for hydroxylation is 1. The minimum Gasteiger partial charge on any atom is -0.497 e. The van der Waals surface area contributed by atoms with E-state index in [-0.39, 0.29) is 5.75 Å². The first-order chi connectivity index (χ1) is 17.0. The summed E-state index contributed by atoms with van der Waals surface area (Å²) >= 11 is 0. The van der Waals surface area contributed by atoms with E-state index < -0.39 is 10.8 Å². The number of fused-ring (bicyclic) bond motifs is 1. The van der Waals surface area contributed by atoms with E-state index in [1.807, 2.05) is 13.8 Å². The second-order valence-electron chi connectivity index (χ2n) is 9.60. The molecule has 2 aromatic carbocycles. The molecule has 0 saturated heterocycles. The van der Waals surface area contributed by atoms with Crippen molar-refractivity contribution in [3.63, 3.8) is 0 Å². The molecule has 4 rings (SSSR count). The molecule has 0 radical (unpaired) electrons. The first kappa shape index (κ1) is 27.4. The number of pyridine rings is 1. The average molecular weight is 509 g/mol. The normalized spacial score (nSPS) is 13.0. The lowest BCUT2D eigenvalue weighted by atomic mass is 10.1. The molecule has 0 aliphatic rings. The molecule has 7 nitrogen and oxygen atoms in total. The van der Waals surface area contributed by atoms with Gasteiger partial charge < -0.3 is 23.9 Å². The van der Waals surface area contributed by atoms with E-state index in [1.54, 1.807) is 38.6 Å². The molecule has 2 heterocycles. The van der Waals surface area contributed by atoms with Gasteiger partial charge >= 0.3 is 0 Å². The molecule has 0 bridgehead atoms. The fourth-order valence-electron chi connectivity index (χ4n) is 3.73. The largest absolute Gasteiger partial charge is 0.497 e. The van der Waals surface area contributed by atoms with Gasteiger partial charge in [-0.25, -0.2) is 0 Å². The zero-order valence-electron chi connectivity index (χ0n) is 22.4. The van der Waals surface area contributed by atoms with E-state index in [0.717, 1.165) is 27.1 Å². The molecule has 192 valence electrons. The van der Waals surface area contributed by atoms with Crippen LogP contribution >= 0.6 is 0 Å². The van der Waals surface area contributed by atoms with Crippen molar-refractivity contribution in [2.45, 2.75) is 37.7 Å². The summed E-state index contributed by atoms with van der Waals surface area (Å²) in [6.07, 6.45) is 1.73. The van der Waals surface area contributed by atoms with Gasteiger partial charge in [0.2, 0.25) is 0 Å². The first-order valence-corrected chi connectivity index (χ1v) is 13.1. The van der Waals surface area contributed by atoms with Crippen molar-refractivity contribution >= 4 is 21.8 Å². The van der Waals surface area contributed by atoms with Crippen LogP contribution in [0.5, 0.6) is 11.5 Å². The zero-order chi connectivity index (χ0) is 26.5. The first-order valence-electron chi connectivity index (χ1n) is 11.8. The molecule has 0 fully saturated rings. The van der Waals surface area contributed by atoms with Gasteiger partial charge in [0.25, 0.3) is 0 Å². The summed E-state index contributed by atoms with van der Waals surface area (Å²) in [5, 5.41) is 0.305. The van der Waals surface area contributed by atoms with Crippen molar-refractivity contribution in [2.75, 3.05) is 35.4 Å². The summed E-state index contributed by atoms with van der Waals surface area (Å²) in [6, 6.07) is 16.6. The van der Waals surface area contributed by atoms with Gasteiger partial charge in [0.1, 0.15) is 17.5 Å². The van der Waals surface area contributed by atoms with Gasteiger partial charge in [0.05, 0.1) is 57.6 Å². The lowest BCUT2D eigenvalue weighted by Crippen LogP contribution is -2.37. The molecular weight excluding hydrogens is 472 g/mol. The Hall–Kier alpha value is -3.23. The molecule has 0 amide bonds. The summed E-state index contributed by atoms with van der Waals surface area (Å²) in [5.74, 6) is 1.71. The number of hydrogen-bond acceptors (Lipinski definition) is 5. The van der Waals surface area contributed by atoms with Crippen LogP contribution in [0.4, 0.5) is 0 Å². The van der Waals surface area contributed by atoms with E-state index in [9.17, 15) is 4.21 Å². The second-order valence-corrected chi connectivity index (χ2v) is 10.9.